The van der Waals surface area contributed by atoms with Crippen LogP contribution in [-0.4, -0.2) is 50.0 Å². The van der Waals surface area contributed by atoms with Gasteiger partial charge in [-0.05, 0) is 34.8 Å². The van der Waals surface area contributed by atoms with Crippen molar-refractivity contribution in [2.24, 2.45) is 34.7 Å². The van der Waals surface area contributed by atoms with Crippen LogP contribution in [0.15, 0.2) is 35.4 Å². The molecule has 0 spiro atoms. The second kappa shape index (κ2) is 12.7. The third kappa shape index (κ3) is 6.96. The predicted molar refractivity (Wildman–Crippen MR) is 130 cm³/mol. The van der Waals surface area contributed by atoms with Crippen LogP contribution in [0.2, 0.25) is 0 Å². The summed E-state index contributed by atoms with van der Waals surface area (Å²) in [5.74, 6) is 0.289. The first-order valence-corrected chi connectivity index (χ1v) is 12.5. The Bertz CT molecular complexity index is 864. The SMILES string of the molecule is CC(=O)O[C@H]1OC(CN=[N+]=[N-])[C@H](C)[C@H](C)C1OC1OC(COCc2ccccc2)[C@H](C)[C@H](C)C1C. The Morgan fingerprint density at radius 1 is 0.943 bits per heavy atom. The van der Waals surface area contributed by atoms with E-state index in [1.165, 1.54) is 6.92 Å². The van der Waals surface area contributed by atoms with E-state index in [0.29, 0.717) is 19.1 Å². The van der Waals surface area contributed by atoms with Gasteiger partial charge in [-0.3, -0.25) is 4.79 Å². The molecule has 0 N–H and O–H groups in total. The van der Waals surface area contributed by atoms with Crippen molar-refractivity contribution >= 4 is 5.97 Å². The van der Waals surface area contributed by atoms with Crippen molar-refractivity contribution in [3.63, 3.8) is 0 Å². The molecule has 9 nitrogen and oxygen atoms in total. The van der Waals surface area contributed by atoms with Gasteiger partial charge in [0, 0.05) is 17.8 Å². The summed E-state index contributed by atoms with van der Waals surface area (Å²) in [6.45, 7) is 13.1. The first-order valence-electron chi connectivity index (χ1n) is 12.5. The highest BCUT2D eigenvalue weighted by atomic mass is 16.7. The predicted octanol–water partition coefficient (Wildman–Crippen LogP) is 5.09. The average molecular weight is 490 g/mol. The topological polar surface area (TPSA) is 112 Å². The number of carbonyl (C=O) groups excluding carboxylic acids is 1. The van der Waals surface area contributed by atoms with Gasteiger partial charge in [0.25, 0.3) is 0 Å². The molecule has 0 amide bonds. The Balaban J connectivity index is 1.69. The van der Waals surface area contributed by atoms with Crippen molar-refractivity contribution in [1.29, 1.82) is 0 Å². The summed E-state index contributed by atoms with van der Waals surface area (Å²) >= 11 is 0. The standard InChI is InChI=1S/C26H39N3O6/c1-15-16(2)23(14-31-13-21-10-8-7-9-11-21)34-25(19(15)5)35-24-18(4)17(3)22(12-28-29-27)33-26(24)32-20(6)30/h7-11,15-19,22-26H,12-14H2,1-6H3/t15-,16+,17+,18-,19?,22?,23?,24?,25?,26-/m0/s1. The number of carbonyl (C=O) groups is 1. The fourth-order valence-electron chi connectivity index (χ4n) is 4.89. The van der Waals surface area contributed by atoms with Gasteiger partial charge < -0.3 is 23.7 Å². The maximum absolute atomic E-state index is 11.8. The van der Waals surface area contributed by atoms with Gasteiger partial charge in [-0.25, -0.2) is 0 Å². The Morgan fingerprint density at radius 3 is 2.26 bits per heavy atom. The number of benzene rings is 1. The first-order chi connectivity index (χ1) is 16.7. The summed E-state index contributed by atoms with van der Waals surface area (Å²) in [6, 6.07) is 10.1. The largest absolute Gasteiger partial charge is 0.433 e. The third-order valence-corrected chi connectivity index (χ3v) is 7.79. The minimum Gasteiger partial charge on any atom is -0.433 e. The van der Waals surface area contributed by atoms with Crippen LogP contribution in [0.25, 0.3) is 10.4 Å². The fraction of sp³-hybridized carbons (Fsp3) is 0.731. The van der Waals surface area contributed by atoms with E-state index in [2.05, 4.69) is 30.8 Å². The lowest BCUT2D eigenvalue weighted by Gasteiger charge is -2.48. The molecule has 194 valence electrons. The molecule has 35 heavy (non-hydrogen) atoms. The number of hydrogen-bond donors (Lipinski definition) is 0. The number of hydrogen-bond acceptors (Lipinski definition) is 7. The number of rotatable bonds is 9. The average Bonchev–Trinajstić information content (AvgIpc) is 2.84. The molecule has 1 aromatic carbocycles. The molecule has 0 radical (unpaired) electrons. The van der Waals surface area contributed by atoms with Crippen LogP contribution in [0.5, 0.6) is 0 Å². The second-order valence-corrected chi connectivity index (χ2v) is 10.0. The van der Waals surface area contributed by atoms with E-state index < -0.39 is 24.7 Å². The highest BCUT2D eigenvalue weighted by Crippen LogP contribution is 2.40. The van der Waals surface area contributed by atoms with Gasteiger partial charge in [-0.1, -0.05) is 70.1 Å². The zero-order chi connectivity index (χ0) is 25.5. The van der Waals surface area contributed by atoms with E-state index in [4.69, 9.17) is 29.2 Å². The molecular weight excluding hydrogens is 450 g/mol. The molecule has 2 aliphatic rings. The minimum absolute atomic E-state index is 0.0229. The van der Waals surface area contributed by atoms with Crippen molar-refractivity contribution in [3.8, 4) is 0 Å². The van der Waals surface area contributed by atoms with Crippen LogP contribution in [0, 0.1) is 29.6 Å². The lowest BCUT2D eigenvalue weighted by molar-refractivity contribution is -0.332. The van der Waals surface area contributed by atoms with Crippen LogP contribution in [0.1, 0.15) is 47.1 Å². The molecule has 3 rings (SSSR count). The van der Waals surface area contributed by atoms with Gasteiger partial charge in [0.1, 0.15) is 6.10 Å². The van der Waals surface area contributed by atoms with Crippen molar-refractivity contribution < 1.29 is 28.5 Å². The highest BCUT2D eigenvalue weighted by Gasteiger charge is 2.48. The normalized spacial score (nSPS) is 37.3. The van der Waals surface area contributed by atoms with E-state index in [-0.39, 0.29) is 42.4 Å². The molecule has 2 saturated heterocycles. The van der Waals surface area contributed by atoms with Crippen LogP contribution >= 0.6 is 0 Å². The van der Waals surface area contributed by atoms with Crippen molar-refractivity contribution in [2.75, 3.05) is 13.2 Å². The van der Waals surface area contributed by atoms with Crippen molar-refractivity contribution in [2.45, 2.75) is 79.0 Å². The van der Waals surface area contributed by atoms with E-state index in [9.17, 15) is 4.79 Å². The molecule has 10 atom stereocenters. The van der Waals surface area contributed by atoms with Crippen LogP contribution in [0.4, 0.5) is 0 Å². The summed E-state index contributed by atoms with van der Waals surface area (Å²) in [5.41, 5.74) is 9.84. The summed E-state index contributed by atoms with van der Waals surface area (Å²) in [4.78, 5) is 14.7. The zero-order valence-electron chi connectivity index (χ0n) is 21.6. The molecule has 0 bridgehead atoms. The molecule has 2 aliphatic heterocycles. The Hall–Kier alpha value is -2.16. The van der Waals surface area contributed by atoms with Crippen molar-refractivity contribution in [1.82, 2.24) is 0 Å². The molecule has 0 aliphatic carbocycles. The van der Waals surface area contributed by atoms with E-state index in [0.717, 1.165) is 5.56 Å². The molecule has 1 aromatic rings. The van der Waals surface area contributed by atoms with Crippen LogP contribution in [-0.2, 0) is 35.1 Å². The number of nitrogens with zero attached hydrogens (tertiary/aromatic N) is 3. The molecule has 9 heteroatoms. The van der Waals surface area contributed by atoms with Crippen molar-refractivity contribution in [3.05, 3.63) is 46.3 Å². The zero-order valence-corrected chi connectivity index (χ0v) is 21.6. The summed E-state index contributed by atoms with van der Waals surface area (Å²) < 4.78 is 30.5. The minimum atomic E-state index is -0.907. The molecule has 2 heterocycles. The summed E-state index contributed by atoms with van der Waals surface area (Å²) in [6.07, 6.45) is -2.42. The van der Waals surface area contributed by atoms with E-state index in [1.54, 1.807) is 0 Å². The fourth-order valence-corrected chi connectivity index (χ4v) is 4.89. The Kier molecular flexibility index (Phi) is 9.95. The summed E-state index contributed by atoms with van der Waals surface area (Å²) in [5, 5.41) is 3.66. The number of esters is 1. The molecule has 2 fully saturated rings. The van der Waals surface area contributed by atoms with Gasteiger partial charge >= 0.3 is 5.97 Å². The quantitative estimate of drug-likeness (QED) is 0.207. The lowest BCUT2D eigenvalue weighted by atomic mass is 9.78. The van der Waals surface area contributed by atoms with Gasteiger partial charge in [0.05, 0.1) is 32.0 Å². The first kappa shape index (κ1) is 27.4. The van der Waals surface area contributed by atoms with Gasteiger partial charge in [0.2, 0.25) is 6.29 Å². The number of ether oxygens (including phenoxy) is 5. The van der Waals surface area contributed by atoms with E-state index >= 15 is 0 Å². The van der Waals surface area contributed by atoms with Gasteiger partial charge in [-0.15, -0.1) is 0 Å². The smallest absolute Gasteiger partial charge is 0.305 e. The molecular formula is C26H39N3O6. The van der Waals surface area contributed by atoms with Crippen LogP contribution in [0.3, 0.4) is 0 Å². The maximum Gasteiger partial charge on any atom is 0.305 e. The second-order valence-electron chi connectivity index (χ2n) is 10.0. The third-order valence-electron chi connectivity index (χ3n) is 7.79. The monoisotopic (exact) mass is 489 g/mol. The lowest BCUT2D eigenvalue weighted by Crippen LogP contribution is -2.56. The Morgan fingerprint density at radius 2 is 1.60 bits per heavy atom. The summed E-state index contributed by atoms with van der Waals surface area (Å²) in [7, 11) is 0. The van der Waals surface area contributed by atoms with Gasteiger partial charge in [0.15, 0.2) is 6.29 Å². The van der Waals surface area contributed by atoms with Gasteiger partial charge in [-0.2, -0.15) is 0 Å². The van der Waals surface area contributed by atoms with E-state index in [1.807, 2.05) is 44.2 Å². The maximum atomic E-state index is 11.8. The molecule has 5 unspecified atom stereocenters. The van der Waals surface area contributed by atoms with Crippen LogP contribution < -0.4 is 0 Å². The molecule has 0 aromatic heterocycles. The number of azide groups is 1. The molecule has 0 saturated carbocycles. The highest BCUT2D eigenvalue weighted by molar-refractivity contribution is 5.66. The Labute approximate surface area is 208 Å².